The van der Waals surface area contributed by atoms with Crippen molar-refractivity contribution in [1.82, 2.24) is 25.1 Å². The predicted molar refractivity (Wildman–Crippen MR) is 83.9 cm³/mol. The van der Waals surface area contributed by atoms with E-state index < -0.39 is 5.97 Å². The molecule has 2 heterocycles. The number of pyridine rings is 1. The molecule has 1 fully saturated rings. The van der Waals surface area contributed by atoms with Crippen LogP contribution in [-0.2, 0) is 13.1 Å². The summed E-state index contributed by atoms with van der Waals surface area (Å²) in [6.45, 7) is 1.09. The first-order chi connectivity index (χ1) is 11.2. The van der Waals surface area contributed by atoms with Gasteiger partial charge in [0, 0.05) is 12.6 Å². The zero-order valence-corrected chi connectivity index (χ0v) is 13.0. The molecule has 0 atom stereocenters. The SMILES string of the molecule is O=C(O)c1cccc(CNCc2nncn2C2CCCCC2)n1. The van der Waals surface area contributed by atoms with Gasteiger partial charge < -0.3 is 15.0 Å². The third-order valence-corrected chi connectivity index (χ3v) is 4.23. The van der Waals surface area contributed by atoms with Gasteiger partial charge in [0.1, 0.15) is 17.8 Å². The summed E-state index contributed by atoms with van der Waals surface area (Å²) in [6.07, 6.45) is 8.04. The summed E-state index contributed by atoms with van der Waals surface area (Å²) in [5.41, 5.74) is 0.767. The lowest BCUT2D eigenvalue weighted by Crippen LogP contribution is -2.21. The first-order valence-corrected chi connectivity index (χ1v) is 8.02. The number of carbonyl (C=O) groups is 1. The molecule has 7 heteroatoms. The predicted octanol–water partition coefficient (Wildman–Crippen LogP) is 2.17. The Kier molecular flexibility index (Phi) is 4.97. The second kappa shape index (κ2) is 7.32. The van der Waals surface area contributed by atoms with Gasteiger partial charge in [-0.05, 0) is 25.0 Å². The fraction of sp³-hybridized carbons (Fsp3) is 0.500. The molecular formula is C16H21N5O2. The number of carboxylic acids is 1. The van der Waals surface area contributed by atoms with Crippen LogP contribution in [0.2, 0.25) is 0 Å². The topological polar surface area (TPSA) is 92.9 Å². The molecule has 0 saturated heterocycles. The van der Waals surface area contributed by atoms with E-state index in [4.69, 9.17) is 5.11 Å². The summed E-state index contributed by atoms with van der Waals surface area (Å²) in [6, 6.07) is 5.51. The van der Waals surface area contributed by atoms with E-state index in [1.165, 1.54) is 38.2 Å². The van der Waals surface area contributed by atoms with Gasteiger partial charge in [-0.3, -0.25) is 0 Å². The van der Waals surface area contributed by atoms with Crippen LogP contribution in [0, 0.1) is 0 Å². The third kappa shape index (κ3) is 3.92. The molecule has 2 aromatic heterocycles. The van der Waals surface area contributed by atoms with Crippen molar-refractivity contribution in [2.75, 3.05) is 0 Å². The lowest BCUT2D eigenvalue weighted by Gasteiger charge is -2.24. The van der Waals surface area contributed by atoms with Gasteiger partial charge in [0.2, 0.25) is 0 Å². The summed E-state index contributed by atoms with van der Waals surface area (Å²) in [5, 5.41) is 20.5. The molecule has 1 aliphatic rings. The van der Waals surface area contributed by atoms with E-state index in [9.17, 15) is 4.79 Å². The van der Waals surface area contributed by atoms with E-state index in [0.717, 1.165) is 5.82 Å². The molecule has 1 aliphatic carbocycles. The highest BCUT2D eigenvalue weighted by atomic mass is 16.4. The highest BCUT2D eigenvalue weighted by Crippen LogP contribution is 2.28. The molecule has 0 aliphatic heterocycles. The minimum absolute atomic E-state index is 0.0645. The summed E-state index contributed by atoms with van der Waals surface area (Å²) in [5.74, 6) is -0.0878. The van der Waals surface area contributed by atoms with Crippen LogP contribution in [0.1, 0.15) is 60.2 Å². The van der Waals surface area contributed by atoms with Gasteiger partial charge >= 0.3 is 5.97 Å². The molecule has 23 heavy (non-hydrogen) atoms. The Morgan fingerprint density at radius 3 is 2.87 bits per heavy atom. The smallest absolute Gasteiger partial charge is 0.354 e. The van der Waals surface area contributed by atoms with E-state index in [1.807, 2.05) is 12.4 Å². The van der Waals surface area contributed by atoms with Crippen LogP contribution in [0.15, 0.2) is 24.5 Å². The number of aromatic nitrogens is 4. The van der Waals surface area contributed by atoms with Crippen molar-refractivity contribution in [3.05, 3.63) is 41.7 Å². The van der Waals surface area contributed by atoms with Gasteiger partial charge in [-0.2, -0.15) is 0 Å². The largest absolute Gasteiger partial charge is 0.477 e. The number of hydrogen-bond acceptors (Lipinski definition) is 5. The Morgan fingerprint density at radius 1 is 1.26 bits per heavy atom. The average molecular weight is 315 g/mol. The summed E-state index contributed by atoms with van der Waals surface area (Å²) in [7, 11) is 0. The van der Waals surface area contributed by atoms with Crippen molar-refractivity contribution in [2.24, 2.45) is 0 Å². The van der Waals surface area contributed by atoms with Crippen LogP contribution in [0.3, 0.4) is 0 Å². The molecule has 0 amide bonds. The maximum atomic E-state index is 10.9. The maximum absolute atomic E-state index is 10.9. The number of rotatable bonds is 6. The maximum Gasteiger partial charge on any atom is 0.354 e. The van der Waals surface area contributed by atoms with Crippen LogP contribution >= 0.6 is 0 Å². The van der Waals surface area contributed by atoms with E-state index in [1.54, 1.807) is 6.07 Å². The highest BCUT2D eigenvalue weighted by Gasteiger charge is 2.18. The van der Waals surface area contributed by atoms with Crippen LogP contribution in [0.25, 0.3) is 0 Å². The van der Waals surface area contributed by atoms with Crippen molar-refractivity contribution in [1.29, 1.82) is 0 Å². The van der Waals surface area contributed by atoms with Gasteiger partial charge in [-0.1, -0.05) is 25.3 Å². The fourth-order valence-electron chi connectivity index (χ4n) is 3.06. The Balaban J connectivity index is 1.58. The number of hydrogen-bond donors (Lipinski definition) is 2. The first-order valence-electron chi connectivity index (χ1n) is 8.02. The second-order valence-corrected chi connectivity index (χ2v) is 5.87. The van der Waals surface area contributed by atoms with E-state index in [0.29, 0.717) is 24.8 Å². The van der Waals surface area contributed by atoms with E-state index in [-0.39, 0.29) is 5.69 Å². The van der Waals surface area contributed by atoms with Gasteiger partial charge in [0.25, 0.3) is 0 Å². The second-order valence-electron chi connectivity index (χ2n) is 5.87. The quantitative estimate of drug-likeness (QED) is 0.848. The Labute approximate surface area is 134 Å². The van der Waals surface area contributed by atoms with Crippen LogP contribution in [0.4, 0.5) is 0 Å². The van der Waals surface area contributed by atoms with E-state index >= 15 is 0 Å². The van der Waals surface area contributed by atoms with Crippen molar-refractivity contribution < 1.29 is 9.90 Å². The summed E-state index contributed by atoms with van der Waals surface area (Å²) < 4.78 is 2.17. The number of nitrogens with zero attached hydrogens (tertiary/aromatic N) is 4. The minimum atomic E-state index is -1.01. The fourth-order valence-corrected chi connectivity index (χ4v) is 3.06. The lowest BCUT2D eigenvalue weighted by molar-refractivity contribution is 0.0690. The van der Waals surface area contributed by atoms with Crippen LogP contribution < -0.4 is 5.32 Å². The monoisotopic (exact) mass is 315 g/mol. The van der Waals surface area contributed by atoms with Gasteiger partial charge in [-0.15, -0.1) is 10.2 Å². The van der Waals surface area contributed by atoms with E-state index in [2.05, 4.69) is 25.1 Å². The molecule has 0 aromatic carbocycles. The Bertz CT molecular complexity index is 664. The molecule has 2 aromatic rings. The molecule has 0 unspecified atom stereocenters. The average Bonchev–Trinajstić information content (AvgIpc) is 3.04. The molecular weight excluding hydrogens is 294 g/mol. The van der Waals surface area contributed by atoms with Crippen molar-refractivity contribution >= 4 is 5.97 Å². The highest BCUT2D eigenvalue weighted by molar-refractivity contribution is 5.85. The molecule has 3 rings (SSSR count). The van der Waals surface area contributed by atoms with Crippen LogP contribution in [-0.4, -0.2) is 30.8 Å². The van der Waals surface area contributed by atoms with Gasteiger partial charge in [0.15, 0.2) is 0 Å². The van der Waals surface area contributed by atoms with Crippen molar-refractivity contribution in [2.45, 2.75) is 51.2 Å². The Hall–Kier alpha value is -2.28. The molecule has 7 nitrogen and oxygen atoms in total. The zero-order chi connectivity index (χ0) is 16.1. The molecule has 0 radical (unpaired) electrons. The molecule has 122 valence electrons. The summed E-state index contributed by atoms with van der Waals surface area (Å²) in [4.78, 5) is 15.0. The lowest BCUT2D eigenvalue weighted by atomic mass is 9.95. The zero-order valence-electron chi connectivity index (χ0n) is 13.0. The number of carboxylic acid groups (broad SMARTS) is 1. The number of aromatic carboxylic acids is 1. The Morgan fingerprint density at radius 2 is 2.09 bits per heavy atom. The molecule has 1 saturated carbocycles. The molecule has 0 bridgehead atoms. The minimum Gasteiger partial charge on any atom is -0.477 e. The number of nitrogens with one attached hydrogen (secondary N) is 1. The van der Waals surface area contributed by atoms with Crippen molar-refractivity contribution in [3.8, 4) is 0 Å². The van der Waals surface area contributed by atoms with Gasteiger partial charge in [-0.25, -0.2) is 9.78 Å². The van der Waals surface area contributed by atoms with Gasteiger partial charge in [0.05, 0.1) is 12.2 Å². The summed E-state index contributed by atoms with van der Waals surface area (Å²) >= 11 is 0. The third-order valence-electron chi connectivity index (χ3n) is 4.23. The standard InChI is InChI=1S/C16H21N5O2/c22-16(23)14-8-4-5-12(19-14)9-17-10-15-20-18-11-21(15)13-6-2-1-3-7-13/h4-5,8,11,13,17H,1-3,6-7,9-10H2,(H,22,23). The normalized spacial score (nSPS) is 15.7. The molecule has 0 spiro atoms. The van der Waals surface area contributed by atoms with Crippen LogP contribution in [0.5, 0.6) is 0 Å². The van der Waals surface area contributed by atoms with Crippen molar-refractivity contribution in [3.63, 3.8) is 0 Å². The molecule has 2 N–H and O–H groups in total. The first kappa shape index (κ1) is 15.6.